The molecule has 0 aromatic heterocycles. The molecule has 5 nitrogen and oxygen atoms in total. The van der Waals surface area contributed by atoms with Gasteiger partial charge in [-0.3, -0.25) is 4.79 Å². The van der Waals surface area contributed by atoms with Crippen molar-refractivity contribution in [3.63, 3.8) is 0 Å². The summed E-state index contributed by atoms with van der Waals surface area (Å²) in [6, 6.07) is 12.0. The van der Waals surface area contributed by atoms with Gasteiger partial charge in [0.1, 0.15) is 17.2 Å². The van der Waals surface area contributed by atoms with Gasteiger partial charge in [-0.1, -0.05) is 161 Å². The Bertz CT molecular complexity index is 1460. The van der Waals surface area contributed by atoms with E-state index < -0.39 is 43.9 Å². The SMILES string of the molecule is CC(C)(C)c1cc(C(CC(=O)O)(c2cc(C(C)(C)C)c(O)c(C(C)(C)C)c2)c2cc(C(C)(C)C)c(O)c(C(C)(C)C)c2)cc(C(C)(C)C)c1O. The molecule has 3 aromatic carbocycles. The fourth-order valence-electron chi connectivity index (χ4n) is 7.11. The van der Waals surface area contributed by atoms with Crippen molar-refractivity contribution in [1.29, 1.82) is 0 Å². The van der Waals surface area contributed by atoms with E-state index in [0.29, 0.717) is 0 Å². The van der Waals surface area contributed by atoms with Gasteiger partial charge in [-0.15, -0.1) is 0 Å². The second-order valence-corrected chi connectivity index (χ2v) is 20.7. The molecule has 0 atom stereocenters. The van der Waals surface area contributed by atoms with Crippen LogP contribution in [0.4, 0.5) is 0 Å². The highest BCUT2D eigenvalue weighted by atomic mass is 16.4. The monoisotopic (exact) mass is 686 g/mol. The highest BCUT2D eigenvalue weighted by Gasteiger charge is 2.45. The number of hydrogen-bond donors (Lipinski definition) is 4. The summed E-state index contributed by atoms with van der Waals surface area (Å²) < 4.78 is 0. The van der Waals surface area contributed by atoms with Crippen LogP contribution in [-0.2, 0) is 42.7 Å². The van der Waals surface area contributed by atoms with E-state index in [2.05, 4.69) is 125 Å². The number of phenolic OH excluding ortho intramolecular Hbond substituents is 3. The number of benzene rings is 3. The van der Waals surface area contributed by atoms with E-state index in [1.807, 2.05) is 36.4 Å². The van der Waals surface area contributed by atoms with E-state index in [1.165, 1.54) is 0 Å². The number of aliphatic carboxylic acids is 1. The molecule has 0 fully saturated rings. The lowest BCUT2D eigenvalue weighted by Crippen LogP contribution is -2.35. The van der Waals surface area contributed by atoms with Gasteiger partial charge >= 0.3 is 5.97 Å². The standard InChI is InChI=1S/C45H66O5/c1-39(2,3)29-19-26(20-30(36(29)48)40(4,5)6)45(25-35(46)47,27-21-31(41(7,8)9)37(49)32(22-27)42(10,11)12)28-23-33(43(13,14)15)38(50)34(24-28)44(16,17)18/h19-24,48-50H,25H2,1-18H3,(H,46,47). The number of carbonyl (C=O) groups is 1. The van der Waals surface area contributed by atoms with Crippen LogP contribution < -0.4 is 0 Å². The number of aromatic hydroxyl groups is 3. The Hall–Kier alpha value is -3.47. The molecule has 0 aliphatic rings. The molecule has 0 amide bonds. The molecular weight excluding hydrogens is 620 g/mol. The second kappa shape index (κ2) is 12.6. The van der Waals surface area contributed by atoms with E-state index >= 15 is 0 Å². The first-order valence-electron chi connectivity index (χ1n) is 18.0. The van der Waals surface area contributed by atoms with Crippen molar-refractivity contribution in [1.82, 2.24) is 0 Å². The zero-order valence-corrected chi connectivity index (χ0v) is 34.4. The summed E-state index contributed by atoms with van der Waals surface area (Å²) in [4.78, 5) is 13.5. The van der Waals surface area contributed by atoms with Gasteiger partial charge in [0.25, 0.3) is 0 Å². The summed E-state index contributed by atoms with van der Waals surface area (Å²) in [5.41, 5.74) is 2.44. The van der Waals surface area contributed by atoms with Crippen molar-refractivity contribution in [2.24, 2.45) is 0 Å². The molecule has 0 aliphatic heterocycles. The minimum absolute atomic E-state index is 0.214. The van der Waals surface area contributed by atoms with Gasteiger partial charge in [0.15, 0.2) is 0 Å². The number of carboxylic acid groups (broad SMARTS) is 1. The van der Waals surface area contributed by atoms with Crippen LogP contribution >= 0.6 is 0 Å². The minimum atomic E-state index is -1.30. The van der Waals surface area contributed by atoms with Gasteiger partial charge in [-0.25, -0.2) is 0 Å². The van der Waals surface area contributed by atoms with E-state index in [4.69, 9.17) is 0 Å². The summed E-state index contributed by atoms with van der Waals surface area (Å²) >= 11 is 0. The number of rotatable bonds is 5. The third-order valence-corrected chi connectivity index (χ3v) is 10.1. The molecule has 0 bridgehead atoms. The molecule has 0 heterocycles. The average Bonchev–Trinajstić information content (AvgIpc) is 2.88. The van der Waals surface area contributed by atoms with E-state index in [9.17, 15) is 25.2 Å². The Morgan fingerprint density at radius 3 is 0.680 bits per heavy atom. The van der Waals surface area contributed by atoms with Crippen LogP contribution in [-0.4, -0.2) is 26.4 Å². The van der Waals surface area contributed by atoms with Gasteiger partial charge in [0.05, 0.1) is 11.8 Å². The first-order chi connectivity index (χ1) is 22.1. The maximum atomic E-state index is 13.5. The third-order valence-electron chi connectivity index (χ3n) is 10.1. The van der Waals surface area contributed by atoms with Crippen LogP contribution in [0.2, 0.25) is 0 Å². The van der Waals surface area contributed by atoms with Gasteiger partial charge in [-0.05, 0) is 82.6 Å². The van der Waals surface area contributed by atoms with Crippen molar-refractivity contribution < 1.29 is 25.2 Å². The molecule has 0 aliphatic carbocycles. The van der Waals surface area contributed by atoms with E-state index in [1.54, 1.807) is 0 Å². The number of carboxylic acids is 1. The molecule has 0 unspecified atom stereocenters. The normalized spacial score (nSPS) is 13.9. The maximum Gasteiger partial charge on any atom is 0.304 e. The second-order valence-electron chi connectivity index (χ2n) is 20.7. The predicted octanol–water partition coefficient (Wildman–Crippen LogP) is 11.4. The lowest BCUT2D eigenvalue weighted by Gasteiger charge is -2.41. The van der Waals surface area contributed by atoms with Gasteiger partial charge in [0.2, 0.25) is 0 Å². The largest absolute Gasteiger partial charge is 0.507 e. The highest BCUT2D eigenvalue weighted by molar-refractivity contribution is 5.75. The summed E-state index contributed by atoms with van der Waals surface area (Å²) in [5, 5.41) is 46.6. The van der Waals surface area contributed by atoms with Crippen molar-refractivity contribution in [3.8, 4) is 17.2 Å². The first-order valence-corrected chi connectivity index (χ1v) is 18.0. The van der Waals surface area contributed by atoms with Crippen molar-refractivity contribution >= 4 is 5.97 Å². The van der Waals surface area contributed by atoms with Crippen LogP contribution in [0.25, 0.3) is 0 Å². The molecule has 5 heteroatoms. The molecular formula is C45H66O5. The molecule has 3 rings (SSSR count). The average molecular weight is 687 g/mol. The lowest BCUT2D eigenvalue weighted by molar-refractivity contribution is -0.137. The van der Waals surface area contributed by atoms with Crippen LogP contribution in [0, 0.1) is 0 Å². The summed E-state index contributed by atoms with van der Waals surface area (Å²) in [7, 11) is 0. The third kappa shape index (κ3) is 7.87. The molecule has 276 valence electrons. The Balaban J connectivity index is 2.94. The van der Waals surface area contributed by atoms with Crippen molar-refractivity contribution in [3.05, 3.63) is 86.5 Å². The number of phenols is 3. The fraction of sp³-hybridized carbons (Fsp3) is 0.578. The van der Waals surface area contributed by atoms with Crippen molar-refractivity contribution in [2.45, 2.75) is 169 Å². The molecule has 50 heavy (non-hydrogen) atoms. The lowest BCUT2D eigenvalue weighted by atomic mass is 9.62. The Labute approximate surface area is 303 Å². The van der Waals surface area contributed by atoms with E-state index in [0.717, 1.165) is 50.1 Å². The highest BCUT2D eigenvalue weighted by Crippen LogP contribution is 2.53. The molecule has 4 N–H and O–H groups in total. The molecule has 0 radical (unpaired) electrons. The molecule has 3 aromatic rings. The molecule has 0 saturated heterocycles. The predicted molar refractivity (Wildman–Crippen MR) is 209 cm³/mol. The molecule has 0 spiro atoms. The fourth-order valence-corrected chi connectivity index (χ4v) is 7.11. The van der Waals surface area contributed by atoms with Crippen molar-refractivity contribution in [2.75, 3.05) is 0 Å². The van der Waals surface area contributed by atoms with Gasteiger partial charge in [0, 0.05) is 0 Å². The summed E-state index contributed by atoms with van der Waals surface area (Å²) in [5.74, 6) is -0.346. The van der Waals surface area contributed by atoms with Crippen LogP contribution in [0.1, 0.15) is 181 Å². The maximum absolute atomic E-state index is 13.5. The first kappa shape index (κ1) is 41.0. The summed E-state index contributed by atoms with van der Waals surface area (Å²) in [6.07, 6.45) is -0.305. The number of hydrogen-bond acceptors (Lipinski definition) is 4. The Kier molecular flexibility index (Phi) is 10.3. The van der Waals surface area contributed by atoms with Gasteiger partial charge in [-0.2, -0.15) is 0 Å². The zero-order chi connectivity index (χ0) is 39.0. The zero-order valence-electron chi connectivity index (χ0n) is 34.4. The van der Waals surface area contributed by atoms with E-state index in [-0.39, 0.29) is 23.7 Å². The summed E-state index contributed by atoms with van der Waals surface area (Å²) in [6.45, 7) is 37.1. The van der Waals surface area contributed by atoms with Crippen LogP contribution in [0.15, 0.2) is 36.4 Å². The minimum Gasteiger partial charge on any atom is -0.507 e. The Morgan fingerprint density at radius 2 is 0.560 bits per heavy atom. The quantitative estimate of drug-likeness (QED) is 0.200. The molecule has 0 saturated carbocycles. The van der Waals surface area contributed by atoms with Crippen LogP contribution in [0.3, 0.4) is 0 Å². The van der Waals surface area contributed by atoms with Gasteiger partial charge < -0.3 is 20.4 Å². The topological polar surface area (TPSA) is 98.0 Å². The smallest absolute Gasteiger partial charge is 0.304 e. The van der Waals surface area contributed by atoms with Crippen LogP contribution in [0.5, 0.6) is 17.2 Å². The Morgan fingerprint density at radius 1 is 0.400 bits per heavy atom.